The van der Waals surface area contributed by atoms with Crippen molar-refractivity contribution in [3.8, 4) is 0 Å². The molecule has 0 spiro atoms. The lowest BCUT2D eigenvalue weighted by atomic mass is 9.77. The summed E-state index contributed by atoms with van der Waals surface area (Å²) in [5.74, 6) is 0. The van der Waals surface area contributed by atoms with Crippen molar-refractivity contribution in [1.29, 1.82) is 0 Å². The van der Waals surface area contributed by atoms with Gasteiger partial charge in [0.2, 0.25) is 0 Å². The zero-order valence-electron chi connectivity index (χ0n) is 7.71. The second-order valence-electron chi connectivity index (χ2n) is 4.03. The number of amides is 2. The quantitative estimate of drug-likeness (QED) is 0.619. The summed E-state index contributed by atoms with van der Waals surface area (Å²) < 4.78 is 0. The molecule has 4 nitrogen and oxygen atoms in total. The first kappa shape index (κ1) is 9.32. The van der Waals surface area contributed by atoms with E-state index in [0.717, 1.165) is 13.0 Å². The van der Waals surface area contributed by atoms with Crippen molar-refractivity contribution in [3.63, 3.8) is 0 Å². The summed E-state index contributed by atoms with van der Waals surface area (Å²) in [7, 11) is 0. The number of carbonyl (C=O) groups excluding carboxylic acids is 1. The van der Waals surface area contributed by atoms with Crippen molar-refractivity contribution in [2.75, 3.05) is 13.1 Å². The fraction of sp³-hybridized carbons (Fsp3) is 0.875. The third-order valence-electron chi connectivity index (χ3n) is 2.73. The first-order valence-electron chi connectivity index (χ1n) is 4.25. The molecule has 0 aromatic rings. The summed E-state index contributed by atoms with van der Waals surface area (Å²) in [6.07, 6.45) is 1.02. The fourth-order valence-electron chi connectivity index (χ4n) is 1.60. The molecule has 12 heavy (non-hydrogen) atoms. The Morgan fingerprint density at radius 3 is 2.50 bits per heavy atom. The van der Waals surface area contributed by atoms with E-state index < -0.39 is 0 Å². The summed E-state index contributed by atoms with van der Waals surface area (Å²) in [4.78, 5) is 12.5. The Hall–Kier alpha value is -0.770. The van der Waals surface area contributed by atoms with Crippen LogP contribution in [0.25, 0.3) is 0 Å². The maximum absolute atomic E-state index is 10.9. The Balaban J connectivity index is 2.60. The Morgan fingerprint density at radius 1 is 1.67 bits per heavy atom. The monoisotopic (exact) mass is 171 g/mol. The number of primary amides is 1. The standard InChI is InChI=1S/C8H17N3O/c1-8(2,5-9)6-3-4-11(6)7(10)12/h6H,3-5,9H2,1-2H3,(H2,10,12). The largest absolute Gasteiger partial charge is 0.351 e. The van der Waals surface area contributed by atoms with E-state index in [1.807, 2.05) is 0 Å². The summed E-state index contributed by atoms with van der Waals surface area (Å²) in [5, 5.41) is 0. The van der Waals surface area contributed by atoms with Gasteiger partial charge >= 0.3 is 6.03 Å². The van der Waals surface area contributed by atoms with E-state index in [9.17, 15) is 4.79 Å². The van der Waals surface area contributed by atoms with Crippen molar-refractivity contribution in [3.05, 3.63) is 0 Å². The molecule has 1 unspecified atom stereocenters. The maximum atomic E-state index is 10.9. The maximum Gasteiger partial charge on any atom is 0.315 e. The van der Waals surface area contributed by atoms with Crippen molar-refractivity contribution >= 4 is 6.03 Å². The summed E-state index contributed by atoms with van der Waals surface area (Å²) >= 11 is 0. The van der Waals surface area contributed by atoms with Gasteiger partial charge in [0.15, 0.2) is 0 Å². The van der Waals surface area contributed by atoms with Gasteiger partial charge in [-0.2, -0.15) is 0 Å². The first-order valence-corrected chi connectivity index (χ1v) is 4.25. The minimum absolute atomic E-state index is 0.00667. The molecule has 0 aromatic heterocycles. The molecule has 1 rings (SSSR count). The molecule has 0 aliphatic carbocycles. The fourth-order valence-corrected chi connectivity index (χ4v) is 1.60. The van der Waals surface area contributed by atoms with Crippen LogP contribution in [0.1, 0.15) is 20.3 Å². The van der Waals surface area contributed by atoms with E-state index in [2.05, 4.69) is 13.8 Å². The molecule has 0 aromatic carbocycles. The molecule has 1 aliphatic heterocycles. The van der Waals surface area contributed by atoms with Crippen molar-refractivity contribution in [2.24, 2.45) is 16.9 Å². The second kappa shape index (κ2) is 2.94. The van der Waals surface area contributed by atoms with Crippen molar-refractivity contribution in [1.82, 2.24) is 4.90 Å². The molecular formula is C8H17N3O. The van der Waals surface area contributed by atoms with Crippen LogP contribution in [0.3, 0.4) is 0 Å². The first-order chi connectivity index (χ1) is 5.49. The molecule has 4 heteroatoms. The van der Waals surface area contributed by atoms with Crippen LogP contribution in [0.15, 0.2) is 0 Å². The van der Waals surface area contributed by atoms with Gasteiger partial charge in [-0.1, -0.05) is 13.8 Å². The average molecular weight is 171 g/mol. The van der Waals surface area contributed by atoms with Gasteiger partial charge in [-0.05, 0) is 18.4 Å². The molecule has 1 fully saturated rings. The van der Waals surface area contributed by atoms with E-state index in [4.69, 9.17) is 11.5 Å². The van der Waals surface area contributed by atoms with Crippen LogP contribution >= 0.6 is 0 Å². The van der Waals surface area contributed by atoms with Crippen LogP contribution in [0.4, 0.5) is 4.79 Å². The van der Waals surface area contributed by atoms with Crippen LogP contribution in [-0.4, -0.2) is 30.1 Å². The van der Waals surface area contributed by atoms with E-state index in [-0.39, 0.29) is 17.5 Å². The van der Waals surface area contributed by atoms with Gasteiger partial charge in [-0.25, -0.2) is 4.79 Å². The van der Waals surface area contributed by atoms with Gasteiger partial charge in [-0.15, -0.1) is 0 Å². The molecule has 2 amide bonds. The highest BCUT2D eigenvalue weighted by Gasteiger charge is 2.40. The molecule has 0 radical (unpaired) electrons. The predicted octanol–water partition coefficient (Wildman–Crippen LogP) is 0.124. The minimum Gasteiger partial charge on any atom is -0.351 e. The Labute approximate surface area is 72.9 Å². The molecule has 1 heterocycles. The molecule has 4 N–H and O–H groups in total. The predicted molar refractivity (Wildman–Crippen MR) is 47.5 cm³/mol. The number of likely N-dealkylation sites (tertiary alicyclic amines) is 1. The normalized spacial score (nSPS) is 23.6. The van der Waals surface area contributed by atoms with Gasteiger partial charge < -0.3 is 16.4 Å². The lowest BCUT2D eigenvalue weighted by molar-refractivity contribution is 0.0428. The van der Waals surface area contributed by atoms with E-state index >= 15 is 0 Å². The molecule has 0 saturated carbocycles. The number of urea groups is 1. The molecule has 1 atom stereocenters. The zero-order valence-corrected chi connectivity index (χ0v) is 7.71. The highest BCUT2D eigenvalue weighted by molar-refractivity contribution is 5.73. The Bertz CT molecular complexity index is 191. The average Bonchev–Trinajstić information content (AvgIpc) is 1.82. The number of hydrogen-bond donors (Lipinski definition) is 2. The number of hydrogen-bond acceptors (Lipinski definition) is 2. The Kier molecular flexibility index (Phi) is 2.28. The van der Waals surface area contributed by atoms with Crippen LogP contribution in [0.5, 0.6) is 0 Å². The van der Waals surface area contributed by atoms with Crippen molar-refractivity contribution < 1.29 is 4.79 Å². The lowest BCUT2D eigenvalue weighted by Crippen LogP contribution is -2.60. The number of nitrogens with zero attached hydrogens (tertiary/aromatic N) is 1. The third-order valence-corrected chi connectivity index (χ3v) is 2.73. The van der Waals surface area contributed by atoms with Gasteiger partial charge in [0.25, 0.3) is 0 Å². The van der Waals surface area contributed by atoms with Crippen LogP contribution < -0.4 is 11.5 Å². The molecule has 1 saturated heterocycles. The highest BCUT2D eigenvalue weighted by Crippen LogP contribution is 2.32. The van der Waals surface area contributed by atoms with Gasteiger partial charge in [0.05, 0.1) is 0 Å². The van der Waals surface area contributed by atoms with Crippen molar-refractivity contribution in [2.45, 2.75) is 26.3 Å². The lowest BCUT2D eigenvalue weighted by Gasteiger charge is -2.48. The third kappa shape index (κ3) is 1.39. The second-order valence-corrected chi connectivity index (χ2v) is 4.03. The van der Waals surface area contributed by atoms with Gasteiger partial charge in [0, 0.05) is 12.6 Å². The summed E-state index contributed by atoms with van der Waals surface area (Å²) in [6.45, 7) is 5.49. The molecule has 1 aliphatic rings. The molecule has 70 valence electrons. The zero-order chi connectivity index (χ0) is 9.35. The number of nitrogens with two attached hydrogens (primary N) is 2. The van der Waals surface area contributed by atoms with Crippen LogP contribution in [0, 0.1) is 5.41 Å². The van der Waals surface area contributed by atoms with Crippen LogP contribution in [-0.2, 0) is 0 Å². The number of rotatable bonds is 2. The summed E-state index contributed by atoms with van der Waals surface area (Å²) in [6, 6.07) is -0.0900. The van der Waals surface area contributed by atoms with E-state index in [0.29, 0.717) is 6.54 Å². The van der Waals surface area contributed by atoms with Gasteiger partial charge in [-0.3, -0.25) is 0 Å². The van der Waals surface area contributed by atoms with E-state index in [1.165, 1.54) is 0 Å². The Morgan fingerprint density at radius 2 is 2.25 bits per heavy atom. The molecule has 0 bridgehead atoms. The SMILES string of the molecule is CC(C)(CN)C1CCN1C(N)=O. The topological polar surface area (TPSA) is 72.3 Å². The summed E-state index contributed by atoms with van der Waals surface area (Å²) in [5.41, 5.74) is 10.8. The highest BCUT2D eigenvalue weighted by atomic mass is 16.2. The molecular weight excluding hydrogens is 154 g/mol. The van der Waals surface area contributed by atoms with Gasteiger partial charge in [0.1, 0.15) is 0 Å². The van der Waals surface area contributed by atoms with Crippen LogP contribution in [0.2, 0.25) is 0 Å². The van der Waals surface area contributed by atoms with E-state index in [1.54, 1.807) is 4.90 Å². The minimum atomic E-state index is -0.326. The smallest absolute Gasteiger partial charge is 0.315 e. The number of carbonyl (C=O) groups is 1.